The molecule has 3 N–H and O–H groups in total. The summed E-state index contributed by atoms with van der Waals surface area (Å²) in [5.74, 6) is 0.267. The minimum atomic E-state index is 0.0459. The van der Waals surface area contributed by atoms with Gasteiger partial charge in [-0.15, -0.1) is 0 Å². The molecular weight excluding hydrogens is 238 g/mol. The molecule has 0 spiro atoms. The second-order valence-electron chi connectivity index (χ2n) is 5.30. The van der Waals surface area contributed by atoms with Crippen molar-refractivity contribution in [3.63, 3.8) is 0 Å². The minimum absolute atomic E-state index is 0.0459. The molecular formula is C15H23N3O. The Labute approximate surface area is 115 Å². The predicted molar refractivity (Wildman–Crippen MR) is 79.4 cm³/mol. The Balaban J connectivity index is 2.05. The van der Waals surface area contributed by atoms with Crippen LogP contribution in [0.25, 0.3) is 0 Å². The van der Waals surface area contributed by atoms with Gasteiger partial charge < -0.3 is 16.0 Å². The zero-order valence-corrected chi connectivity index (χ0v) is 11.6. The molecule has 1 saturated heterocycles. The summed E-state index contributed by atoms with van der Waals surface area (Å²) in [7, 11) is 0. The average Bonchev–Trinajstić information content (AvgIpc) is 2.93. The summed E-state index contributed by atoms with van der Waals surface area (Å²) >= 11 is 0. The van der Waals surface area contributed by atoms with Gasteiger partial charge in [0.1, 0.15) is 0 Å². The highest BCUT2D eigenvalue weighted by Gasteiger charge is 2.16. The zero-order valence-electron chi connectivity index (χ0n) is 11.6. The van der Waals surface area contributed by atoms with Crippen LogP contribution in [0.3, 0.4) is 0 Å². The quantitative estimate of drug-likeness (QED) is 0.854. The SMILES string of the molecule is CC(CN)CC(=O)Nc1ccccc1N1CCCC1. The first-order valence-corrected chi connectivity index (χ1v) is 7.04. The molecule has 4 nitrogen and oxygen atoms in total. The van der Waals surface area contributed by atoms with Crippen molar-refractivity contribution in [2.24, 2.45) is 11.7 Å². The number of nitrogens with one attached hydrogen (secondary N) is 1. The Kier molecular flexibility index (Phi) is 4.80. The molecule has 1 aliphatic rings. The van der Waals surface area contributed by atoms with Crippen molar-refractivity contribution in [2.45, 2.75) is 26.2 Å². The third-order valence-corrected chi connectivity index (χ3v) is 3.56. The number of hydrogen-bond donors (Lipinski definition) is 2. The predicted octanol–water partition coefficient (Wildman–Crippen LogP) is 2.21. The first-order chi connectivity index (χ1) is 9.20. The van der Waals surface area contributed by atoms with Gasteiger partial charge in [0.2, 0.25) is 5.91 Å². The van der Waals surface area contributed by atoms with Gasteiger partial charge in [-0.1, -0.05) is 19.1 Å². The Morgan fingerprint density at radius 1 is 1.37 bits per heavy atom. The Hall–Kier alpha value is -1.55. The number of rotatable bonds is 5. The monoisotopic (exact) mass is 261 g/mol. The highest BCUT2D eigenvalue weighted by atomic mass is 16.1. The van der Waals surface area contributed by atoms with Gasteiger partial charge in [-0.3, -0.25) is 4.79 Å². The summed E-state index contributed by atoms with van der Waals surface area (Å²) in [6.45, 7) is 4.69. The van der Waals surface area contributed by atoms with Crippen LogP contribution in [0.15, 0.2) is 24.3 Å². The van der Waals surface area contributed by atoms with E-state index in [0.29, 0.717) is 13.0 Å². The van der Waals surface area contributed by atoms with Gasteiger partial charge >= 0.3 is 0 Å². The molecule has 1 aromatic rings. The van der Waals surface area contributed by atoms with Crippen molar-refractivity contribution in [1.82, 2.24) is 0 Å². The van der Waals surface area contributed by atoms with Gasteiger partial charge in [0.15, 0.2) is 0 Å². The number of benzene rings is 1. The lowest BCUT2D eigenvalue weighted by Crippen LogP contribution is -2.23. The summed E-state index contributed by atoms with van der Waals surface area (Å²) in [6, 6.07) is 8.03. The van der Waals surface area contributed by atoms with E-state index in [1.165, 1.54) is 12.8 Å². The van der Waals surface area contributed by atoms with Crippen LogP contribution in [-0.4, -0.2) is 25.5 Å². The third kappa shape index (κ3) is 3.70. The van der Waals surface area contributed by atoms with Crippen LogP contribution in [0.2, 0.25) is 0 Å². The van der Waals surface area contributed by atoms with Crippen LogP contribution in [0.4, 0.5) is 11.4 Å². The minimum Gasteiger partial charge on any atom is -0.370 e. The topological polar surface area (TPSA) is 58.4 Å². The van der Waals surface area contributed by atoms with E-state index in [1.807, 2.05) is 25.1 Å². The lowest BCUT2D eigenvalue weighted by molar-refractivity contribution is -0.116. The second-order valence-corrected chi connectivity index (χ2v) is 5.30. The fourth-order valence-electron chi connectivity index (χ4n) is 2.41. The van der Waals surface area contributed by atoms with E-state index in [-0.39, 0.29) is 11.8 Å². The van der Waals surface area contributed by atoms with Gasteiger partial charge in [0.05, 0.1) is 11.4 Å². The summed E-state index contributed by atoms with van der Waals surface area (Å²) in [5, 5.41) is 3.02. The first-order valence-electron chi connectivity index (χ1n) is 7.04. The van der Waals surface area contributed by atoms with Crippen molar-refractivity contribution in [3.05, 3.63) is 24.3 Å². The molecule has 0 saturated carbocycles. The van der Waals surface area contributed by atoms with Gasteiger partial charge in [-0.2, -0.15) is 0 Å². The fourth-order valence-corrected chi connectivity index (χ4v) is 2.41. The van der Waals surface area contributed by atoms with Crippen molar-refractivity contribution in [2.75, 3.05) is 29.9 Å². The van der Waals surface area contributed by atoms with E-state index in [9.17, 15) is 4.79 Å². The number of carbonyl (C=O) groups is 1. The van der Waals surface area contributed by atoms with Gasteiger partial charge in [0.25, 0.3) is 0 Å². The van der Waals surface area contributed by atoms with Crippen LogP contribution in [-0.2, 0) is 4.79 Å². The lowest BCUT2D eigenvalue weighted by Gasteiger charge is -2.21. The molecule has 19 heavy (non-hydrogen) atoms. The molecule has 0 aromatic heterocycles. The normalized spacial score (nSPS) is 16.4. The van der Waals surface area contributed by atoms with Crippen LogP contribution in [0.5, 0.6) is 0 Å². The summed E-state index contributed by atoms with van der Waals surface area (Å²) < 4.78 is 0. The maximum atomic E-state index is 12.0. The Morgan fingerprint density at radius 3 is 2.74 bits per heavy atom. The van der Waals surface area contributed by atoms with E-state index in [2.05, 4.69) is 16.3 Å². The highest BCUT2D eigenvalue weighted by molar-refractivity contribution is 5.94. The number of para-hydroxylation sites is 2. The lowest BCUT2D eigenvalue weighted by atomic mass is 10.1. The molecule has 1 aromatic carbocycles. The molecule has 104 valence electrons. The van der Waals surface area contributed by atoms with E-state index >= 15 is 0 Å². The molecule has 0 radical (unpaired) electrons. The number of nitrogens with two attached hydrogens (primary N) is 1. The van der Waals surface area contributed by atoms with Crippen LogP contribution >= 0.6 is 0 Å². The number of nitrogens with zero attached hydrogens (tertiary/aromatic N) is 1. The van der Waals surface area contributed by atoms with E-state index < -0.39 is 0 Å². The molecule has 0 bridgehead atoms. The van der Waals surface area contributed by atoms with Crippen LogP contribution in [0.1, 0.15) is 26.2 Å². The fraction of sp³-hybridized carbons (Fsp3) is 0.533. The van der Waals surface area contributed by atoms with E-state index in [1.54, 1.807) is 0 Å². The van der Waals surface area contributed by atoms with Crippen LogP contribution in [0, 0.1) is 5.92 Å². The Morgan fingerprint density at radius 2 is 2.05 bits per heavy atom. The number of hydrogen-bond acceptors (Lipinski definition) is 3. The number of carbonyl (C=O) groups excluding carboxylic acids is 1. The number of amides is 1. The smallest absolute Gasteiger partial charge is 0.224 e. The average molecular weight is 261 g/mol. The first kappa shape index (κ1) is 13.9. The van der Waals surface area contributed by atoms with E-state index in [4.69, 9.17) is 5.73 Å². The van der Waals surface area contributed by atoms with Crippen molar-refractivity contribution in [1.29, 1.82) is 0 Å². The molecule has 0 aliphatic carbocycles. The summed E-state index contributed by atoms with van der Waals surface area (Å²) in [4.78, 5) is 14.3. The molecule has 1 atom stereocenters. The van der Waals surface area contributed by atoms with Crippen molar-refractivity contribution < 1.29 is 4.79 Å². The summed E-state index contributed by atoms with van der Waals surface area (Å²) in [6.07, 6.45) is 2.93. The van der Waals surface area contributed by atoms with Gasteiger partial charge in [-0.25, -0.2) is 0 Å². The van der Waals surface area contributed by atoms with Crippen molar-refractivity contribution in [3.8, 4) is 0 Å². The number of anilines is 2. The Bertz CT molecular complexity index is 427. The van der Waals surface area contributed by atoms with E-state index in [0.717, 1.165) is 24.5 Å². The van der Waals surface area contributed by atoms with Gasteiger partial charge in [-0.05, 0) is 37.4 Å². The maximum Gasteiger partial charge on any atom is 0.224 e. The van der Waals surface area contributed by atoms with Crippen LogP contribution < -0.4 is 16.0 Å². The van der Waals surface area contributed by atoms with Gasteiger partial charge in [0, 0.05) is 19.5 Å². The third-order valence-electron chi connectivity index (χ3n) is 3.56. The molecule has 1 fully saturated rings. The molecule has 1 aliphatic heterocycles. The standard InChI is InChI=1S/C15H23N3O/c1-12(11-16)10-15(19)17-13-6-2-3-7-14(13)18-8-4-5-9-18/h2-3,6-7,12H,4-5,8-11,16H2,1H3,(H,17,19). The summed E-state index contributed by atoms with van der Waals surface area (Å²) in [5.41, 5.74) is 7.60. The molecule has 1 amide bonds. The molecule has 1 heterocycles. The highest BCUT2D eigenvalue weighted by Crippen LogP contribution is 2.28. The van der Waals surface area contributed by atoms with Crippen molar-refractivity contribution >= 4 is 17.3 Å². The molecule has 2 rings (SSSR count). The second kappa shape index (κ2) is 6.57. The zero-order chi connectivity index (χ0) is 13.7. The molecule has 4 heteroatoms. The largest absolute Gasteiger partial charge is 0.370 e. The molecule has 1 unspecified atom stereocenters. The maximum absolute atomic E-state index is 12.0.